The minimum absolute atomic E-state index is 0.326. The maximum Gasteiger partial charge on any atom is 0.150 e. The number of halogens is 2. The number of ether oxygens (including phenoxy) is 1. The van der Waals surface area contributed by atoms with Gasteiger partial charge < -0.3 is 4.74 Å². The zero-order chi connectivity index (χ0) is 14.7. The second kappa shape index (κ2) is 6.41. The van der Waals surface area contributed by atoms with Gasteiger partial charge in [0.2, 0.25) is 0 Å². The number of carbonyl (C=O) groups is 1. The Balaban J connectivity index is 2.18. The highest BCUT2D eigenvalue weighted by molar-refractivity contribution is 9.10. The van der Waals surface area contributed by atoms with Gasteiger partial charge >= 0.3 is 0 Å². The van der Waals surface area contributed by atoms with Crippen molar-refractivity contribution in [2.45, 2.75) is 27.0 Å². The maximum atomic E-state index is 10.7. The molecule has 0 fully saturated rings. The molecule has 0 radical (unpaired) electrons. The van der Waals surface area contributed by atoms with E-state index in [9.17, 15) is 4.79 Å². The fourth-order valence-electron chi connectivity index (χ4n) is 1.86. The summed E-state index contributed by atoms with van der Waals surface area (Å²) in [6, 6.07) is 5.17. The second-order valence-corrected chi connectivity index (χ2v) is 5.49. The van der Waals surface area contributed by atoms with Gasteiger partial charge in [0, 0.05) is 12.1 Å². The van der Waals surface area contributed by atoms with E-state index in [1.165, 1.54) is 0 Å². The van der Waals surface area contributed by atoms with Crippen LogP contribution in [0.15, 0.2) is 22.7 Å². The lowest BCUT2D eigenvalue weighted by Gasteiger charge is -2.10. The van der Waals surface area contributed by atoms with Crippen LogP contribution in [-0.4, -0.2) is 16.1 Å². The Kier molecular flexibility index (Phi) is 4.83. The van der Waals surface area contributed by atoms with Crippen molar-refractivity contribution in [1.82, 2.24) is 9.78 Å². The monoisotopic (exact) mass is 356 g/mol. The summed E-state index contributed by atoms with van der Waals surface area (Å²) in [6.45, 7) is 4.93. The van der Waals surface area contributed by atoms with Crippen molar-refractivity contribution in [1.29, 1.82) is 0 Å². The molecule has 6 heteroatoms. The fraction of sp³-hybridized carbons (Fsp3) is 0.286. The summed E-state index contributed by atoms with van der Waals surface area (Å²) < 4.78 is 8.31. The molecular weight excluding hydrogens is 344 g/mol. The fourth-order valence-corrected chi connectivity index (χ4v) is 2.56. The molecule has 1 aromatic carbocycles. The van der Waals surface area contributed by atoms with E-state index in [1.807, 2.05) is 18.5 Å². The maximum absolute atomic E-state index is 10.7. The number of nitrogens with zero attached hydrogens (tertiary/aromatic N) is 2. The van der Waals surface area contributed by atoms with Crippen molar-refractivity contribution in [3.05, 3.63) is 44.6 Å². The summed E-state index contributed by atoms with van der Waals surface area (Å²) in [5.41, 5.74) is 2.23. The predicted molar refractivity (Wildman–Crippen MR) is 81.5 cm³/mol. The average Bonchev–Trinajstić information content (AvgIpc) is 2.73. The van der Waals surface area contributed by atoms with Gasteiger partial charge in [-0.15, -0.1) is 0 Å². The minimum atomic E-state index is 0.326. The normalized spacial score (nSPS) is 10.6. The van der Waals surface area contributed by atoms with Gasteiger partial charge in [0.1, 0.15) is 18.6 Å². The van der Waals surface area contributed by atoms with E-state index in [1.54, 1.807) is 18.2 Å². The van der Waals surface area contributed by atoms with E-state index in [-0.39, 0.29) is 0 Å². The topological polar surface area (TPSA) is 44.1 Å². The van der Waals surface area contributed by atoms with Crippen LogP contribution in [-0.2, 0) is 13.2 Å². The lowest BCUT2D eigenvalue weighted by atomic mass is 10.2. The van der Waals surface area contributed by atoms with Gasteiger partial charge in [-0.05, 0) is 48.0 Å². The van der Waals surface area contributed by atoms with Gasteiger partial charge in [0.15, 0.2) is 0 Å². The minimum Gasteiger partial charge on any atom is -0.486 e. The third-order valence-electron chi connectivity index (χ3n) is 2.91. The van der Waals surface area contributed by atoms with Crippen molar-refractivity contribution in [2.24, 2.45) is 0 Å². The highest BCUT2D eigenvalue weighted by Crippen LogP contribution is 2.28. The van der Waals surface area contributed by atoms with Crippen LogP contribution in [0.4, 0.5) is 0 Å². The molecule has 2 rings (SSSR count). The molecule has 0 spiro atoms. The summed E-state index contributed by atoms with van der Waals surface area (Å²) >= 11 is 9.61. The van der Waals surface area contributed by atoms with E-state index in [4.69, 9.17) is 16.3 Å². The molecule has 106 valence electrons. The molecule has 1 aromatic heterocycles. The Morgan fingerprint density at radius 1 is 1.50 bits per heavy atom. The van der Waals surface area contributed by atoms with E-state index in [0.29, 0.717) is 22.9 Å². The number of hydrogen-bond acceptors (Lipinski definition) is 3. The molecule has 20 heavy (non-hydrogen) atoms. The zero-order valence-electron chi connectivity index (χ0n) is 11.2. The number of benzene rings is 1. The summed E-state index contributed by atoms with van der Waals surface area (Å²) in [4.78, 5) is 10.7. The van der Waals surface area contributed by atoms with Crippen LogP contribution in [0.1, 0.15) is 28.7 Å². The van der Waals surface area contributed by atoms with E-state index in [0.717, 1.165) is 28.7 Å². The molecule has 0 bridgehead atoms. The van der Waals surface area contributed by atoms with Gasteiger partial charge in [-0.25, -0.2) is 0 Å². The summed E-state index contributed by atoms with van der Waals surface area (Å²) in [5, 5.41) is 4.97. The van der Waals surface area contributed by atoms with E-state index >= 15 is 0 Å². The first-order valence-electron chi connectivity index (χ1n) is 6.16. The van der Waals surface area contributed by atoms with Crippen molar-refractivity contribution in [3.63, 3.8) is 0 Å². The molecule has 0 aliphatic heterocycles. The summed E-state index contributed by atoms with van der Waals surface area (Å²) in [7, 11) is 0. The molecule has 0 saturated carbocycles. The molecule has 1 heterocycles. The number of aromatic nitrogens is 2. The van der Waals surface area contributed by atoms with Gasteiger partial charge in [-0.1, -0.05) is 11.6 Å². The number of hydrogen-bond donors (Lipinski definition) is 0. The number of rotatable bonds is 5. The van der Waals surface area contributed by atoms with Crippen molar-refractivity contribution in [2.75, 3.05) is 0 Å². The second-order valence-electron chi connectivity index (χ2n) is 4.26. The van der Waals surface area contributed by atoms with Crippen molar-refractivity contribution < 1.29 is 9.53 Å². The largest absolute Gasteiger partial charge is 0.486 e. The van der Waals surface area contributed by atoms with Gasteiger partial charge in [-0.2, -0.15) is 5.10 Å². The lowest BCUT2D eigenvalue weighted by molar-refractivity contribution is 0.112. The SMILES string of the molecule is CCn1nc(C)c(Cl)c1COc1ccc(C=O)cc1Br. The Hall–Kier alpha value is -1.33. The standard InChI is InChI=1S/C14H14BrClN2O2/c1-3-18-12(14(16)9(2)17-18)8-20-13-5-4-10(7-19)6-11(13)15/h4-7H,3,8H2,1-2H3. The summed E-state index contributed by atoms with van der Waals surface area (Å²) in [5.74, 6) is 0.660. The zero-order valence-corrected chi connectivity index (χ0v) is 13.5. The molecule has 4 nitrogen and oxygen atoms in total. The first-order chi connectivity index (χ1) is 9.56. The highest BCUT2D eigenvalue weighted by Gasteiger charge is 2.13. The first kappa shape index (κ1) is 15.1. The van der Waals surface area contributed by atoms with Crippen molar-refractivity contribution in [3.8, 4) is 5.75 Å². The molecule has 0 aliphatic rings. The molecule has 0 N–H and O–H groups in total. The lowest BCUT2D eigenvalue weighted by Crippen LogP contribution is -2.06. The molecule has 2 aromatic rings. The molecule has 0 saturated heterocycles. The Morgan fingerprint density at radius 3 is 2.85 bits per heavy atom. The van der Waals surface area contributed by atoms with Gasteiger partial charge in [0.05, 0.1) is 20.9 Å². The Labute approximate surface area is 130 Å². The summed E-state index contributed by atoms with van der Waals surface area (Å²) in [6.07, 6.45) is 0.793. The predicted octanol–water partition coefficient (Wildman–Crippen LogP) is 4.02. The van der Waals surface area contributed by atoms with Crippen LogP contribution in [0.5, 0.6) is 5.75 Å². The van der Waals surface area contributed by atoms with Crippen LogP contribution >= 0.6 is 27.5 Å². The number of carbonyl (C=O) groups excluding carboxylic acids is 1. The third-order valence-corrected chi connectivity index (χ3v) is 4.02. The average molecular weight is 358 g/mol. The van der Waals surface area contributed by atoms with Crippen molar-refractivity contribution >= 4 is 33.8 Å². The third kappa shape index (κ3) is 3.04. The van der Waals surface area contributed by atoms with Crippen LogP contribution < -0.4 is 4.74 Å². The number of aryl methyl sites for hydroxylation is 2. The van der Waals surface area contributed by atoms with Crippen LogP contribution in [0, 0.1) is 6.92 Å². The quantitative estimate of drug-likeness (QED) is 0.759. The molecule has 0 unspecified atom stereocenters. The first-order valence-corrected chi connectivity index (χ1v) is 7.33. The molecule has 0 atom stereocenters. The van der Waals surface area contributed by atoms with E-state index < -0.39 is 0 Å². The van der Waals surface area contributed by atoms with Gasteiger partial charge in [-0.3, -0.25) is 9.48 Å². The molecular formula is C14H14BrClN2O2. The van der Waals surface area contributed by atoms with E-state index in [2.05, 4.69) is 21.0 Å². The van der Waals surface area contributed by atoms with Crippen LogP contribution in [0.3, 0.4) is 0 Å². The molecule has 0 aliphatic carbocycles. The highest BCUT2D eigenvalue weighted by atomic mass is 79.9. The van der Waals surface area contributed by atoms with Crippen LogP contribution in [0.2, 0.25) is 5.02 Å². The Morgan fingerprint density at radius 2 is 2.25 bits per heavy atom. The van der Waals surface area contributed by atoms with Crippen LogP contribution in [0.25, 0.3) is 0 Å². The van der Waals surface area contributed by atoms with Gasteiger partial charge in [0.25, 0.3) is 0 Å². The molecule has 0 amide bonds. The number of aldehydes is 1. The smallest absolute Gasteiger partial charge is 0.150 e. The Bertz CT molecular complexity index is 640.